The molecule has 1 saturated carbocycles. The number of rotatable bonds is 2. The van der Waals surface area contributed by atoms with Crippen LogP contribution in [-0.4, -0.2) is 17.6 Å². The van der Waals surface area contributed by atoms with Gasteiger partial charge in [0.05, 0.1) is 0 Å². The van der Waals surface area contributed by atoms with E-state index in [1.165, 1.54) is 12.8 Å². The van der Waals surface area contributed by atoms with Crippen molar-refractivity contribution in [1.82, 2.24) is 0 Å². The third-order valence-electron chi connectivity index (χ3n) is 3.40. The summed E-state index contributed by atoms with van der Waals surface area (Å²) in [5.41, 5.74) is 2.10. The van der Waals surface area contributed by atoms with Gasteiger partial charge in [-0.1, -0.05) is 0 Å². The molecule has 0 atom stereocenters. The van der Waals surface area contributed by atoms with E-state index in [4.69, 9.17) is 0 Å². The lowest BCUT2D eigenvalue weighted by Gasteiger charge is -2.29. The summed E-state index contributed by atoms with van der Waals surface area (Å²) in [5, 5.41) is 9.43. The van der Waals surface area contributed by atoms with Crippen LogP contribution in [0.15, 0.2) is 18.2 Å². The fourth-order valence-electron chi connectivity index (χ4n) is 2.31. The zero-order valence-electron chi connectivity index (χ0n) is 9.15. The van der Waals surface area contributed by atoms with Crippen molar-refractivity contribution < 1.29 is 9.90 Å². The molecule has 1 aliphatic carbocycles. The van der Waals surface area contributed by atoms with Gasteiger partial charge in [0.2, 0.25) is 5.91 Å². The van der Waals surface area contributed by atoms with Gasteiger partial charge in [0.15, 0.2) is 0 Å². The summed E-state index contributed by atoms with van der Waals surface area (Å²) in [6.45, 7) is 0.858. The molecule has 0 bridgehead atoms. The Bertz CT molecular complexity index is 438. The van der Waals surface area contributed by atoms with Gasteiger partial charge in [-0.2, -0.15) is 0 Å². The van der Waals surface area contributed by atoms with E-state index in [2.05, 4.69) is 0 Å². The Morgan fingerprint density at radius 3 is 2.88 bits per heavy atom. The first-order valence-electron chi connectivity index (χ1n) is 5.86. The molecule has 0 spiro atoms. The second-order valence-corrected chi connectivity index (χ2v) is 4.76. The van der Waals surface area contributed by atoms with E-state index < -0.39 is 0 Å². The first-order valence-corrected chi connectivity index (χ1v) is 5.86. The predicted octanol–water partition coefficient (Wildman–Crippen LogP) is 2.08. The summed E-state index contributed by atoms with van der Waals surface area (Å²) in [5.74, 6) is 1.22. The molecular weight excluding hydrogens is 202 g/mol. The maximum absolute atomic E-state index is 11.9. The van der Waals surface area contributed by atoms with Crippen molar-refractivity contribution in [2.45, 2.75) is 25.7 Å². The standard InChI is InChI=1S/C13H15NO2/c15-11-4-5-12-10(7-11)3-6-13(16)14(12)8-9-1-2-9/h4-5,7,9,15H,1-3,6,8H2. The second kappa shape index (κ2) is 3.51. The number of carbonyl (C=O) groups excluding carboxylic acids is 1. The molecule has 1 aromatic carbocycles. The molecule has 3 nitrogen and oxygen atoms in total. The number of aryl methyl sites for hydroxylation is 1. The highest BCUT2D eigenvalue weighted by molar-refractivity contribution is 5.96. The van der Waals surface area contributed by atoms with Gasteiger partial charge in [-0.05, 0) is 48.9 Å². The third kappa shape index (κ3) is 1.66. The van der Waals surface area contributed by atoms with Gasteiger partial charge in [-0.25, -0.2) is 0 Å². The first kappa shape index (κ1) is 9.70. The van der Waals surface area contributed by atoms with Crippen LogP contribution in [0.1, 0.15) is 24.8 Å². The van der Waals surface area contributed by atoms with Crippen LogP contribution in [0.3, 0.4) is 0 Å². The summed E-state index contributed by atoms with van der Waals surface area (Å²) in [6.07, 6.45) is 3.82. The van der Waals surface area contributed by atoms with Crippen molar-refractivity contribution >= 4 is 11.6 Å². The normalized spacial score (nSPS) is 19.8. The van der Waals surface area contributed by atoms with Crippen molar-refractivity contribution in [1.29, 1.82) is 0 Å². The summed E-state index contributed by atoms with van der Waals surface area (Å²) in [7, 11) is 0. The molecule has 0 radical (unpaired) electrons. The molecule has 0 unspecified atom stereocenters. The van der Waals surface area contributed by atoms with Crippen molar-refractivity contribution in [2.75, 3.05) is 11.4 Å². The minimum Gasteiger partial charge on any atom is -0.508 e. The van der Waals surface area contributed by atoms with Crippen molar-refractivity contribution in [2.24, 2.45) is 5.92 Å². The molecule has 3 rings (SSSR count). The summed E-state index contributed by atoms with van der Waals surface area (Å²) < 4.78 is 0. The van der Waals surface area contributed by atoms with Gasteiger partial charge in [-0.15, -0.1) is 0 Å². The van der Waals surface area contributed by atoms with Crippen LogP contribution in [-0.2, 0) is 11.2 Å². The van der Waals surface area contributed by atoms with E-state index in [-0.39, 0.29) is 5.91 Å². The summed E-state index contributed by atoms with van der Waals surface area (Å²) >= 11 is 0. The van der Waals surface area contributed by atoms with Crippen LogP contribution in [0.4, 0.5) is 5.69 Å². The number of benzene rings is 1. The molecule has 1 aliphatic heterocycles. The molecule has 1 heterocycles. The van der Waals surface area contributed by atoms with E-state index >= 15 is 0 Å². The second-order valence-electron chi connectivity index (χ2n) is 4.76. The molecule has 1 N–H and O–H groups in total. The minimum absolute atomic E-state index is 0.227. The smallest absolute Gasteiger partial charge is 0.227 e. The van der Waals surface area contributed by atoms with E-state index in [0.717, 1.165) is 24.2 Å². The van der Waals surface area contributed by atoms with Gasteiger partial charge in [0.25, 0.3) is 0 Å². The third-order valence-corrected chi connectivity index (χ3v) is 3.40. The largest absolute Gasteiger partial charge is 0.508 e. The number of phenolic OH excluding ortho intramolecular Hbond substituents is 1. The van der Waals surface area contributed by atoms with Crippen molar-refractivity contribution in [3.05, 3.63) is 23.8 Å². The Balaban J connectivity index is 1.95. The van der Waals surface area contributed by atoms with Crippen LogP contribution >= 0.6 is 0 Å². The highest BCUT2D eigenvalue weighted by atomic mass is 16.3. The lowest BCUT2D eigenvalue weighted by molar-refractivity contribution is -0.118. The number of nitrogens with zero attached hydrogens (tertiary/aromatic N) is 1. The predicted molar refractivity (Wildman–Crippen MR) is 61.5 cm³/mol. The molecule has 1 amide bonds. The molecule has 1 fully saturated rings. The number of aromatic hydroxyl groups is 1. The van der Waals surface area contributed by atoms with E-state index in [1.807, 2.05) is 11.0 Å². The Hall–Kier alpha value is -1.51. The monoisotopic (exact) mass is 217 g/mol. The molecule has 3 heteroatoms. The van der Waals surface area contributed by atoms with Crippen LogP contribution in [0.2, 0.25) is 0 Å². The summed E-state index contributed by atoms with van der Waals surface area (Å²) in [4.78, 5) is 13.8. The van der Waals surface area contributed by atoms with Gasteiger partial charge in [0.1, 0.15) is 5.75 Å². The number of phenols is 1. The fraction of sp³-hybridized carbons (Fsp3) is 0.462. The molecule has 0 aromatic heterocycles. The van der Waals surface area contributed by atoms with Gasteiger partial charge in [-0.3, -0.25) is 4.79 Å². The number of anilines is 1. The quantitative estimate of drug-likeness (QED) is 0.824. The number of carbonyl (C=O) groups is 1. The van der Waals surface area contributed by atoms with Gasteiger partial charge >= 0.3 is 0 Å². The number of hydrogen-bond donors (Lipinski definition) is 1. The zero-order valence-corrected chi connectivity index (χ0v) is 9.15. The maximum atomic E-state index is 11.9. The van der Waals surface area contributed by atoms with Crippen LogP contribution < -0.4 is 4.90 Å². The Morgan fingerprint density at radius 1 is 1.31 bits per heavy atom. The number of amides is 1. The molecule has 84 valence electrons. The minimum atomic E-state index is 0.227. The SMILES string of the molecule is O=C1CCc2cc(O)ccc2N1CC1CC1. The van der Waals surface area contributed by atoms with Gasteiger partial charge in [0, 0.05) is 18.7 Å². The number of fused-ring (bicyclic) bond motifs is 1. The van der Waals surface area contributed by atoms with Crippen LogP contribution in [0.5, 0.6) is 5.75 Å². The molecule has 2 aliphatic rings. The lowest BCUT2D eigenvalue weighted by Crippen LogP contribution is -2.36. The Labute approximate surface area is 94.7 Å². The number of hydrogen-bond acceptors (Lipinski definition) is 2. The van der Waals surface area contributed by atoms with Crippen molar-refractivity contribution in [3.8, 4) is 5.75 Å². The molecule has 1 aromatic rings. The summed E-state index contributed by atoms with van der Waals surface area (Å²) in [6, 6.07) is 5.31. The average Bonchev–Trinajstić information content (AvgIpc) is 3.06. The van der Waals surface area contributed by atoms with E-state index in [1.54, 1.807) is 12.1 Å². The fourth-order valence-corrected chi connectivity index (χ4v) is 2.31. The van der Waals surface area contributed by atoms with Crippen molar-refractivity contribution in [3.63, 3.8) is 0 Å². The first-order chi connectivity index (χ1) is 7.74. The topological polar surface area (TPSA) is 40.5 Å². The zero-order chi connectivity index (χ0) is 11.1. The Kier molecular flexibility index (Phi) is 2.13. The Morgan fingerprint density at radius 2 is 2.12 bits per heavy atom. The lowest BCUT2D eigenvalue weighted by atomic mass is 10.0. The maximum Gasteiger partial charge on any atom is 0.227 e. The highest BCUT2D eigenvalue weighted by Gasteiger charge is 2.30. The highest BCUT2D eigenvalue weighted by Crippen LogP contribution is 2.36. The molecule has 16 heavy (non-hydrogen) atoms. The molecule has 0 saturated heterocycles. The van der Waals surface area contributed by atoms with E-state index in [0.29, 0.717) is 18.1 Å². The van der Waals surface area contributed by atoms with E-state index in [9.17, 15) is 9.90 Å². The van der Waals surface area contributed by atoms with Gasteiger partial charge < -0.3 is 10.0 Å². The van der Waals surface area contributed by atoms with Crippen LogP contribution in [0.25, 0.3) is 0 Å². The average molecular weight is 217 g/mol. The molecular formula is C13H15NO2. The van der Waals surface area contributed by atoms with Crippen LogP contribution in [0, 0.1) is 5.92 Å².